The lowest BCUT2D eigenvalue weighted by Gasteiger charge is -2.17. The molecule has 0 N–H and O–H groups in total. The molecule has 0 bridgehead atoms. The maximum atomic E-state index is 4.70. The zero-order valence-corrected chi connectivity index (χ0v) is 13.4. The molecule has 1 aliphatic heterocycles. The fourth-order valence-electron chi connectivity index (χ4n) is 2.23. The maximum absolute atomic E-state index is 4.70. The van der Waals surface area contributed by atoms with Crippen LogP contribution in [-0.4, -0.2) is 12.3 Å². The summed E-state index contributed by atoms with van der Waals surface area (Å²) in [6.45, 7) is 0.880. The molecule has 0 unspecified atom stereocenters. The summed E-state index contributed by atoms with van der Waals surface area (Å²) in [5.74, 6) is 0. The number of nitrogens with zero attached hydrogens (tertiary/aromatic N) is 1. The number of benzene rings is 2. The first-order valence-corrected chi connectivity index (χ1v) is 7.70. The van der Waals surface area contributed by atoms with E-state index in [9.17, 15) is 0 Å². The van der Waals surface area contributed by atoms with Crippen LogP contribution in [0, 0.1) is 3.57 Å². The molecular weight excluding hydrogens is 401 g/mol. The first kappa shape index (κ1) is 12.4. The average molecular weight is 412 g/mol. The predicted molar refractivity (Wildman–Crippen MR) is 87.5 cm³/mol. The summed E-state index contributed by atoms with van der Waals surface area (Å²) in [6, 6.07) is 15.0. The molecule has 18 heavy (non-hydrogen) atoms. The lowest BCUT2D eigenvalue weighted by Crippen LogP contribution is -2.14. The highest BCUT2D eigenvalue weighted by atomic mass is 127. The summed E-state index contributed by atoms with van der Waals surface area (Å²) in [5, 5.41) is 0. The monoisotopic (exact) mass is 411 g/mol. The normalized spacial score (nSPS) is 14.0. The minimum absolute atomic E-state index is 0.880. The van der Waals surface area contributed by atoms with Crippen molar-refractivity contribution >= 4 is 44.2 Å². The van der Waals surface area contributed by atoms with Crippen molar-refractivity contribution in [2.45, 2.75) is 6.42 Å². The van der Waals surface area contributed by atoms with Gasteiger partial charge in [0.05, 0.1) is 5.71 Å². The summed E-state index contributed by atoms with van der Waals surface area (Å²) in [6.07, 6.45) is 1.03. The Labute approximate surface area is 129 Å². The van der Waals surface area contributed by atoms with Crippen LogP contribution in [0.25, 0.3) is 0 Å². The van der Waals surface area contributed by atoms with Crippen molar-refractivity contribution in [1.82, 2.24) is 0 Å². The van der Waals surface area contributed by atoms with E-state index >= 15 is 0 Å². The number of aliphatic imine (C=N–C) groups is 1. The Morgan fingerprint density at radius 3 is 2.61 bits per heavy atom. The fourth-order valence-corrected chi connectivity index (χ4v) is 3.00. The lowest BCUT2D eigenvalue weighted by molar-refractivity contribution is 0.943. The van der Waals surface area contributed by atoms with Crippen LogP contribution in [0.4, 0.5) is 0 Å². The molecule has 0 radical (unpaired) electrons. The van der Waals surface area contributed by atoms with Crippen molar-refractivity contribution in [3.05, 3.63) is 67.2 Å². The molecule has 3 rings (SSSR count). The number of hydrogen-bond donors (Lipinski definition) is 0. The molecule has 2 aromatic rings. The van der Waals surface area contributed by atoms with Gasteiger partial charge in [-0.05, 0) is 58.8 Å². The van der Waals surface area contributed by atoms with Crippen LogP contribution in [0.5, 0.6) is 0 Å². The Morgan fingerprint density at radius 1 is 1.06 bits per heavy atom. The van der Waals surface area contributed by atoms with Gasteiger partial charge in [0.15, 0.2) is 0 Å². The largest absolute Gasteiger partial charge is 0.284 e. The molecule has 1 heterocycles. The first-order chi connectivity index (χ1) is 8.74. The van der Waals surface area contributed by atoms with Crippen LogP contribution in [-0.2, 0) is 6.42 Å². The third-order valence-electron chi connectivity index (χ3n) is 3.09. The van der Waals surface area contributed by atoms with Crippen molar-refractivity contribution in [3.8, 4) is 0 Å². The van der Waals surface area contributed by atoms with E-state index in [4.69, 9.17) is 4.99 Å². The van der Waals surface area contributed by atoms with Crippen LogP contribution in [0.3, 0.4) is 0 Å². The highest BCUT2D eigenvalue weighted by molar-refractivity contribution is 14.1. The Morgan fingerprint density at radius 2 is 1.83 bits per heavy atom. The first-order valence-electron chi connectivity index (χ1n) is 5.83. The third-order valence-corrected chi connectivity index (χ3v) is 4.30. The second-order valence-corrected chi connectivity index (χ2v) is 6.45. The second-order valence-electron chi connectivity index (χ2n) is 4.29. The van der Waals surface area contributed by atoms with Gasteiger partial charge in [0.2, 0.25) is 0 Å². The van der Waals surface area contributed by atoms with E-state index in [-0.39, 0.29) is 0 Å². The summed E-state index contributed by atoms with van der Waals surface area (Å²) in [5.41, 5.74) is 4.98. The number of halogens is 2. The minimum Gasteiger partial charge on any atom is -0.284 e. The maximum Gasteiger partial charge on any atom is 0.0721 e. The van der Waals surface area contributed by atoms with Gasteiger partial charge in [0.25, 0.3) is 0 Å². The van der Waals surface area contributed by atoms with Gasteiger partial charge in [-0.15, -0.1) is 0 Å². The quantitative estimate of drug-likeness (QED) is 0.615. The molecule has 0 aromatic heterocycles. The van der Waals surface area contributed by atoms with E-state index < -0.39 is 0 Å². The molecule has 0 spiro atoms. The molecule has 0 aliphatic carbocycles. The molecule has 0 saturated carbocycles. The van der Waals surface area contributed by atoms with Crippen molar-refractivity contribution in [1.29, 1.82) is 0 Å². The molecule has 1 aliphatic rings. The average Bonchev–Trinajstić information content (AvgIpc) is 2.38. The van der Waals surface area contributed by atoms with Gasteiger partial charge in [-0.3, -0.25) is 4.99 Å². The van der Waals surface area contributed by atoms with Crippen molar-refractivity contribution < 1.29 is 0 Å². The van der Waals surface area contributed by atoms with E-state index in [1.807, 2.05) is 0 Å². The number of hydrogen-bond acceptors (Lipinski definition) is 1. The Hall–Kier alpha value is -0.680. The van der Waals surface area contributed by atoms with Crippen molar-refractivity contribution in [2.75, 3.05) is 6.54 Å². The van der Waals surface area contributed by atoms with Crippen LogP contribution >= 0.6 is 38.5 Å². The number of rotatable bonds is 1. The van der Waals surface area contributed by atoms with Crippen LogP contribution in [0.1, 0.15) is 16.7 Å². The van der Waals surface area contributed by atoms with Crippen molar-refractivity contribution in [2.24, 2.45) is 4.99 Å². The molecule has 1 nitrogen and oxygen atoms in total. The molecule has 0 saturated heterocycles. The molecule has 0 atom stereocenters. The summed E-state index contributed by atoms with van der Waals surface area (Å²) >= 11 is 5.86. The smallest absolute Gasteiger partial charge is 0.0721 e. The van der Waals surface area contributed by atoms with Gasteiger partial charge < -0.3 is 0 Å². The zero-order valence-electron chi connectivity index (χ0n) is 9.66. The van der Waals surface area contributed by atoms with E-state index in [0.717, 1.165) is 23.1 Å². The van der Waals surface area contributed by atoms with E-state index in [0.29, 0.717) is 0 Å². The van der Waals surface area contributed by atoms with E-state index in [2.05, 4.69) is 81.0 Å². The Balaban J connectivity index is 2.09. The second kappa shape index (κ2) is 5.13. The van der Waals surface area contributed by atoms with Crippen LogP contribution < -0.4 is 0 Å². The highest BCUT2D eigenvalue weighted by Gasteiger charge is 2.15. The van der Waals surface area contributed by atoms with Gasteiger partial charge in [-0.1, -0.05) is 34.1 Å². The molecule has 0 fully saturated rings. The highest BCUT2D eigenvalue weighted by Crippen LogP contribution is 2.24. The molecule has 90 valence electrons. The van der Waals surface area contributed by atoms with Crippen LogP contribution in [0.2, 0.25) is 0 Å². The standard InChI is InChI=1S/C15H11BrIN/c16-12-3-6-14-11(9-12)7-8-18-15(14)10-1-4-13(17)5-2-10/h1-6,9H,7-8H2. The number of fused-ring (bicyclic) bond motifs is 1. The van der Waals surface area contributed by atoms with Crippen LogP contribution in [0.15, 0.2) is 51.9 Å². The van der Waals surface area contributed by atoms with E-state index in [1.54, 1.807) is 0 Å². The van der Waals surface area contributed by atoms with Gasteiger partial charge in [0, 0.05) is 25.7 Å². The zero-order chi connectivity index (χ0) is 12.5. The molecule has 2 aromatic carbocycles. The topological polar surface area (TPSA) is 12.4 Å². The Bertz CT molecular complexity index is 617. The van der Waals surface area contributed by atoms with E-state index in [1.165, 1.54) is 20.3 Å². The summed E-state index contributed by atoms with van der Waals surface area (Å²) in [4.78, 5) is 4.70. The predicted octanol–water partition coefficient (Wildman–Crippen LogP) is 4.45. The van der Waals surface area contributed by atoms with Gasteiger partial charge in [-0.2, -0.15) is 0 Å². The summed E-state index contributed by atoms with van der Waals surface area (Å²) < 4.78 is 2.40. The van der Waals surface area contributed by atoms with Gasteiger partial charge in [0.1, 0.15) is 0 Å². The summed E-state index contributed by atoms with van der Waals surface area (Å²) in [7, 11) is 0. The SMILES string of the molecule is Brc1ccc2c(c1)CCN=C2c1ccc(I)cc1. The van der Waals surface area contributed by atoms with Crippen molar-refractivity contribution in [3.63, 3.8) is 0 Å². The molecule has 0 amide bonds. The Kier molecular flexibility index (Phi) is 3.52. The third kappa shape index (κ3) is 2.38. The minimum atomic E-state index is 0.880. The molecule has 3 heteroatoms. The molecular formula is C15H11BrIN. The fraction of sp³-hybridized carbons (Fsp3) is 0.133. The van der Waals surface area contributed by atoms with Gasteiger partial charge >= 0.3 is 0 Å². The lowest BCUT2D eigenvalue weighted by atomic mass is 9.93. The van der Waals surface area contributed by atoms with Gasteiger partial charge in [-0.25, -0.2) is 0 Å².